The zero-order chi connectivity index (χ0) is 15.6. The number of nitrogens with zero attached hydrogens (tertiary/aromatic N) is 2. The van der Waals surface area contributed by atoms with Gasteiger partial charge in [-0.05, 0) is 38.5 Å². The molecule has 21 heavy (non-hydrogen) atoms. The molecule has 2 rings (SSSR count). The monoisotopic (exact) mass is 302 g/mol. The number of rotatable bonds is 4. The maximum absolute atomic E-state index is 12.7. The number of imidazole rings is 1. The van der Waals surface area contributed by atoms with Gasteiger partial charge in [-0.3, -0.25) is 0 Å². The second-order valence-corrected chi connectivity index (χ2v) is 6.67. The molecular weight excluding hydrogens is 284 g/mol. The lowest BCUT2D eigenvalue weighted by Crippen LogP contribution is -2.13. The highest BCUT2D eigenvalue weighted by Crippen LogP contribution is 2.22. The number of benzene rings is 1. The second kappa shape index (κ2) is 5.69. The van der Waals surface area contributed by atoms with Crippen molar-refractivity contribution in [3.05, 3.63) is 65.4 Å². The Morgan fingerprint density at radius 1 is 1.33 bits per heavy atom. The minimum Gasteiger partial charge on any atom is -0.235 e. The van der Waals surface area contributed by atoms with Crippen LogP contribution < -0.4 is 0 Å². The molecule has 0 aliphatic carbocycles. The molecule has 1 heterocycles. The minimum absolute atomic E-state index is 0.214. The van der Waals surface area contributed by atoms with Gasteiger partial charge in [0.05, 0.1) is 15.9 Å². The molecule has 1 aromatic heterocycles. The largest absolute Gasteiger partial charge is 0.269 e. The lowest BCUT2D eigenvalue weighted by Gasteiger charge is -2.07. The highest BCUT2D eigenvalue weighted by atomic mass is 32.2. The number of para-hydroxylation sites is 1. The van der Waals surface area contributed by atoms with Crippen LogP contribution in [-0.4, -0.2) is 17.4 Å². The quantitative estimate of drug-likeness (QED) is 0.811. The van der Waals surface area contributed by atoms with Crippen LogP contribution in [0.25, 0.3) is 11.0 Å². The Morgan fingerprint density at radius 2 is 2.05 bits per heavy atom. The fourth-order valence-corrected chi connectivity index (χ4v) is 3.36. The summed E-state index contributed by atoms with van der Waals surface area (Å²) in [5.74, 6) is 0. The maximum Gasteiger partial charge on any atom is 0.269 e. The molecule has 0 aliphatic rings. The van der Waals surface area contributed by atoms with Crippen LogP contribution in [0.5, 0.6) is 0 Å². The van der Waals surface area contributed by atoms with Crippen LogP contribution in [0, 0.1) is 6.92 Å². The summed E-state index contributed by atoms with van der Waals surface area (Å²) < 4.78 is 26.7. The van der Waals surface area contributed by atoms with Gasteiger partial charge in [-0.25, -0.2) is 17.4 Å². The van der Waals surface area contributed by atoms with Crippen LogP contribution in [0.2, 0.25) is 0 Å². The van der Waals surface area contributed by atoms with Crippen LogP contribution in [0.1, 0.15) is 19.4 Å². The number of hydrogen-bond acceptors (Lipinski definition) is 3. The molecule has 0 saturated carbocycles. The van der Waals surface area contributed by atoms with Gasteiger partial charge < -0.3 is 0 Å². The molecule has 0 saturated heterocycles. The molecule has 5 heteroatoms. The highest BCUT2D eigenvalue weighted by Gasteiger charge is 2.20. The smallest absolute Gasteiger partial charge is 0.235 e. The molecule has 0 N–H and O–H groups in total. The first-order valence-electron chi connectivity index (χ1n) is 6.56. The maximum atomic E-state index is 12.7. The molecule has 0 spiro atoms. The van der Waals surface area contributed by atoms with Crippen LogP contribution in [-0.2, 0) is 10.0 Å². The Morgan fingerprint density at radius 3 is 2.67 bits per heavy atom. The lowest BCUT2D eigenvalue weighted by molar-refractivity contribution is 0.596. The third kappa shape index (κ3) is 2.83. The molecule has 2 aromatic rings. The summed E-state index contributed by atoms with van der Waals surface area (Å²) in [6, 6.07) is 5.48. The van der Waals surface area contributed by atoms with Gasteiger partial charge in [0.1, 0.15) is 6.33 Å². The van der Waals surface area contributed by atoms with Crippen molar-refractivity contribution in [1.82, 2.24) is 8.96 Å². The van der Waals surface area contributed by atoms with E-state index in [0.29, 0.717) is 11.0 Å². The lowest BCUT2D eigenvalue weighted by atomic mass is 10.2. The molecule has 110 valence electrons. The number of allylic oxidation sites excluding steroid dienone is 4. The third-order valence-electron chi connectivity index (χ3n) is 3.12. The van der Waals surface area contributed by atoms with Gasteiger partial charge in [-0.2, -0.15) is 0 Å². The van der Waals surface area contributed by atoms with E-state index in [0.717, 1.165) is 11.1 Å². The van der Waals surface area contributed by atoms with E-state index in [-0.39, 0.29) is 4.91 Å². The first-order valence-corrected chi connectivity index (χ1v) is 8.00. The van der Waals surface area contributed by atoms with Crippen molar-refractivity contribution in [3.63, 3.8) is 0 Å². The molecule has 4 nitrogen and oxygen atoms in total. The fourth-order valence-electron chi connectivity index (χ4n) is 2.02. The van der Waals surface area contributed by atoms with E-state index < -0.39 is 10.0 Å². The molecule has 0 unspecified atom stereocenters. The predicted molar refractivity (Wildman–Crippen MR) is 86.5 cm³/mol. The second-order valence-electron chi connectivity index (χ2n) is 4.86. The predicted octanol–water partition coefficient (Wildman–Crippen LogP) is 3.56. The summed E-state index contributed by atoms with van der Waals surface area (Å²) in [5.41, 5.74) is 3.01. The average molecular weight is 302 g/mol. The molecule has 0 aliphatic heterocycles. The van der Waals surface area contributed by atoms with E-state index in [1.54, 1.807) is 31.2 Å². The van der Waals surface area contributed by atoms with Crippen molar-refractivity contribution in [2.75, 3.05) is 0 Å². The fraction of sp³-hybridized carbons (Fsp3) is 0.188. The van der Waals surface area contributed by atoms with Gasteiger partial charge >= 0.3 is 0 Å². The summed E-state index contributed by atoms with van der Waals surface area (Å²) in [6.07, 6.45) is 6.15. The van der Waals surface area contributed by atoms with Gasteiger partial charge in [-0.15, -0.1) is 0 Å². The van der Waals surface area contributed by atoms with Crippen molar-refractivity contribution < 1.29 is 8.42 Å². The Labute approximate surface area is 125 Å². The summed E-state index contributed by atoms with van der Waals surface area (Å²) in [6.45, 7) is 9.15. The number of aromatic nitrogens is 2. The molecular formula is C16H18N2O2S. The molecule has 0 atom stereocenters. The van der Waals surface area contributed by atoms with Crippen molar-refractivity contribution in [3.8, 4) is 0 Å². The van der Waals surface area contributed by atoms with E-state index >= 15 is 0 Å². The third-order valence-corrected chi connectivity index (χ3v) is 4.90. The normalized spacial score (nSPS) is 13.2. The van der Waals surface area contributed by atoms with Crippen LogP contribution in [0.15, 0.2) is 59.8 Å². The van der Waals surface area contributed by atoms with E-state index in [1.807, 2.05) is 26.0 Å². The molecule has 0 fully saturated rings. The van der Waals surface area contributed by atoms with Gasteiger partial charge in [0.25, 0.3) is 10.0 Å². The van der Waals surface area contributed by atoms with Crippen LogP contribution in [0.3, 0.4) is 0 Å². The average Bonchev–Trinajstić information content (AvgIpc) is 2.84. The Hall–Kier alpha value is -2.14. The molecule has 0 radical (unpaired) electrons. The first-order chi connectivity index (χ1) is 9.87. The van der Waals surface area contributed by atoms with Gasteiger partial charge in [0.2, 0.25) is 0 Å². The van der Waals surface area contributed by atoms with Crippen molar-refractivity contribution in [1.29, 1.82) is 0 Å². The number of aryl methyl sites for hydroxylation is 1. The number of hydrogen-bond donors (Lipinski definition) is 0. The molecule has 1 aromatic carbocycles. The standard InChI is InChI=1S/C16H18N2O2S/c1-5-14(10-9-12(2)3)21(19,20)18-11-17-16-13(4)7-6-8-15(16)18/h5-11H,2H2,1,3-4H3/b10-9-,14-5+. The van der Waals surface area contributed by atoms with Crippen LogP contribution >= 0.6 is 0 Å². The Bertz CT molecular complexity index is 856. The van der Waals surface area contributed by atoms with E-state index in [4.69, 9.17) is 0 Å². The zero-order valence-electron chi connectivity index (χ0n) is 12.4. The summed E-state index contributed by atoms with van der Waals surface area (Å²) in [5, 5.41) is 0. The topological polar surface area (TPSA) is 52.0 Å². The van der Waals surface area contributed by atoms with Crippen molar-refractivity contribution >= 4 is 21.1 Å². The molecule has 0 amide bonds. The number of fused-ring (bicyclic) bond motifs is 1. The van der Waals surface area contributed by atoms with Gasteiger partial charge in [0, 0.05) is 0 Å². The van der Waals surface area contributed by atoms with Crippen LogP contribution in [0.4, 0.5) is 0 Å². The van der Waals surface area contributed by atoms with Gasteiger partial charge in [0.15, 0.2) is 0 Å². The minimum atomic E-state index is -3.66. The Balaban J connectivity index is 2.62. The van der Waals surface area contributed by atoms with E-state index in [2.05, 4.69) is 11.6 Å². The van der Waals surface area contributed by atoms with E-state index in [9.17, 15) is 8.42 Å². The Kier molecular flexibility index (Phi) is 4.14. The molecule has 0 bridgehead atoms. The summed E-state index contributed by atoms with van der Waals surface area (Å²) in [4.78, 5) is 4.43. The highest BCUT2D eigenvalue weighted by molar-refractivity contribution is 7.94. The van der Waals surface area contributed by atoms with Gasteiger partial charge in [-0.1, -0.05) is 36.4 Å². The zero-order valence-corrected chi connectivity index (χ0v) is 13.2. The summed E-state index contributed by atoms with van der Waals surface area (Å²) >= 11 is 0. The first kappa shape index (κ1) is 15.3. The van der Waals surface area contributed by atoms with E-state index in [1.165, 1.54) is 10.3 Å². The van der Waals surface area contributed by atoms with Crippen molar-refractivity contribution in [2.45, 2.75) is 20.8 Å². The summed E-state index contributed by atoms with van der Waals surface area (Å²) in [7, 11) is -3.66. The van der Waals surface area contributed by atoms with Crippen molar-refractivity contribution in [2.24, 2.45) is 0 Å². The SMILES string of the molecule is C=C(C)/C=C\C(=C/C)S(=O)(=O)n1cnc2c(C)cccc21.